The summed E-state index contributed by atoms with van der Waals surface area (Å²) in [5.41, 5.74) is 2.51. The second-order valence-corrected chi connectivity index (χ2v) is 7.20. The van der Waals surface area contributed by atoms with E-state index < -0.39 is 16.8 Å². The van der Waals surface area contributed by atoms with Crippen LogP contribution in [-0.2, 0) is 28.4 Å². The topological polar surface area (TPSA) is 43.4 Å². The molecule has 0 saturated heterocycles. The van der Waals surface area contributed by atoms with Gasteiger partial charge in [0.05, 0.1) is 23.5 Å². The predicted octanol–water partition coefficient (Wildman–Crippen LogP) is 3.83. The lowest BCUT2D eigenvalue weighted by atomic mass is 9.99. The van der Waals surface area contributed by atoms with Crippen LogP contribution in [0, 0.1) is 12.7 Å². The fraction of sp³-hybridized carbons (Fsp3) is 0.316. The van der Waals surface area contributed by atoms with Gasteiger partial charge in [-0.05, 0) is 54.7 Å². The van der Waals surface area contributed by atoms with Gasteiger partial charge in [0, 0.05) is 10.6 Å². The molecule has 0 saturated carbocycles. The number of ether oxygens (including phenoxy) is 1. The van der Waals surface area contributed by atoms with Crippen molar-refractivity contribution in [2.24, 2.45) is 0 Å². The van der Waals surface area contributed by atoms with Crippen molar-refractivity contribution in [3.8, 4) is 0 Å². The summed E-state index contributed by atoms with van der Waals surface area (Å²) in [6, 6.07) is 10.3. The molecule has 3 nitrogen and oxygen atoms in total. The van der Waals surface area contributed by atoms with E-state index in [2.05, 4.69) is 0 Å². The summed E-state index contributed by atoms with van der Waals surface area (Å²) in [4.78, 5) is 12.5. The maximum absolute atomic E-state index is 14.2. The Kier molecular flexibility index (Phi) is 6.26. The summed E-state index contributed by atoms with van der Waals surface area (Å²) in [5.74, 6) is -0.209. The highest BCUT2D eigenvalue weighted by Gasteiger charge is 2.14. The van der Waals surface area contributed by atoms with E-state index >= 15 is 0 Å². The van der Waals surface area contributed by atoms with Crippen molar-refractivity contribution < 1.29 is 18.1 Å². The molecule has 2 aromatic carbocycles. The van der Waals surface area contributed by atoms with Gasteiger partial charge in [0.1, 0.15) is 5.82 Å². The lowest BCUT2D eigenvalue weighted by Crippen LogP contribution is -2.07. The number of methoxy groups -OCH3 is 1. The standard InChI is InChI=1S/C19H21FO3S/c1-4-24(22)18-12-15(17(20)11-13(18)2)10-9-14-7-5-6-8-16(14)19(21)23-3/h5-8,11-12H,4,9-10H2,1-3H3. The summed E-state index contributed by atoms with van der Waals surface area (Å²) in [6.45, 7) is 3.60. The van der Waals surface area contributed by atoms with Gasteiger partial charge < -0.3 is 4.74 Å². The van der Waals surface area contributed by atoms with Crippen LogP contribution in [0.15, 0.2) is 41.3 Å². The minimum atomic E-state index is -1.12. The Morgan fingerprint density at radius 2 is 1.83 bits per heavy atom. The third kappa shape index (κ3) is 4.09. The van der Waals surface area contributed by atoms with E-state index in [1.165, 1.54) is 13.2 Å². The Hall–Kier alpha value is -2.01. The van der Waals surface area contributed by atoms with E-state index in [1.54, 1.807) is 25.1 Å². The van der Waals surface area contributed by atoms with Gasteiger partial charge in [0.2, 0.25) is 0 Å². The number of aryl methyl sites for hydroxylation is 3. The lowest BCUT2D eigenvalue weighted by molar-refractivity contribution is 0.0599. The van der Waals surface area contributed by atoms with E-state index in [1.807, 2.05) is 19.1 Å². The first-order valence-corrected chi connectivity index (χ1v) is 9.13. The molecule has 0 fully saturated rings. The van der Waals surface area contributed by atoms with Crippen molar-refractivity contribution in [3.63, 3.8) is 0 Å². The van der Waals surface area contributed by atoms with E-state index in [0.29, 0.717) is 40.2 Å². The van der Waals surface area contributed by atoms with Gasteiger partial charge in [0.25, 0.3) is 0 Å². The Bertz CT molecular complexity index is 771. The number of carbonyl (C=O) groups is 1. The minimum Gasteiger partial charge on any atom is -0.465 e. The molecule has 0 amide bonds. The summed E-state index contributed by atoms with van der Waals surface area (Å²) in [7, 11) is 0.216. The molecule has 2 aromatic rings. The molecule has 0 aromatic heterocycles. The largest absolute Gasteiger partial charge is 0.465 e. The Morgan fingerprint density at radius 1 is 1.17 bits per heavy atom. The molecule has 5 heteroatoms. The van der Waals surface area contributed by atoms with Gasteiger partial charge in [-0.3, -0.25) is 4.21 Å². The molecule has 0 bridgehead atoms. The van der Waals surface area contributed by atoms with Crippen LogP contribution < -0.4 is 0 Å². The minimum absolute atomic E-state index is 0.306. The number of benzene rings is 2. The third-order valence-corrected chi connectivity index (χ3v) is 5.39. The average molecular weight is 348 g/mol. The van der Waals surface area contributed by atoms with Gasteiger partial charge >= 0.3 is 5.97 Å². The van der Waals surface area contributed by atoms with Crippen LogP contribution in [0.4, 0.5) is 4.39 Å². The van der Waals surface area contributed by atoms with E-state index in [0.717, 1.165) is 5.56 Å². The summed E-state index contributed by atoms with van der Waals surface area (Å²) < 4.78 is 31.1. The van der Waals surface area contributed by atoms with Gasteiger partial charge in [-0.1, -0.05) is 25.1 Å². The van der Waals surface area contributed by atoms with Gasteiger partial charge in [0.15, 0.2) is 0 Å². The van der Waals surface area contributed by atoms with Crippen LogP contribution in [0.3, 0.4) is 0 Å². The van der Waals surface area contributed by atoms with Crippen molar-refractivity contribution in [1.29, 1.82) is 0 Å². The van der Waals surface area contributed by atoms with E-state index in [9.17, 15) is 13.4 Å². The van der Waals surface area contributed by atoms with Crippen LogP contribution in [-0.4, -0.2) is 23.0 Å². The van der Waals surface area contributed by atoms with Crippen LogP contribution in [0.2, 0.25) is 0 Å². The Labute approximate surface area is 144 Å². The summed E-state index contributed by atoms with van der Waals surface area (Å²) in [5, 5.41) is 0. The number of halogens is 1. The van der Waals surface area contributed by atoms with E-state index in [4.69, 9.17) is 4.74 Å². The first kappa shape index (κ1) is 18.3. The molecular weight excluding hydrogens is 327 g/mol. The molecule has 0 aliphatic carbocycles. The molecule has 0 radical (unpaired) electrons. The van der Waals surface area contributed by atoms with Crippen molar-refractivity contribution in [2.45, 2.75) is 31.6 Å². The summed E-state index contributed by atoms with van der Waals surface area (Å²) >= 11 is 0. The quantitative estimate of drug-likeness (QED) is 0.745. The van der Waals surface area contributed by atoms with E-state index in [-0.39, 0.29) is 5.82 Å². The monoisotopic (exact) mass is 348 g/mol. The fourth-order valence-corrected chi connectivity index (χ4v) is 3.61. The number of hydrogen-bond donors (Lipinski definition) is 0. The molecule has 1 unspecified atom stereocenters. The molecule has 0 aliphatic heterocycles. The molecule has 2 rings (SSSR count). The highest BCUT2D eigenvalue weighted by molar-refractivity contribution is 7.85. The highest BCUT2D eigenvalue weighted by Crippen LogP contribution is 2.21. The van der Waals surface area contributed by atoms with Crippen LogP contribution in [0.1, 0.15) is 34.0 Å². The van der Waals surface area contributed by atoms with Crippen molar-refractivity contribution in [2.75, 3.05) is 12.9 Å². The number of carbonyl (C=O) groups excluding carboxylic acids is 1. The van der Waals surface area contributed by atoms with Crippen LogP contribution >= 0.6 is 0 Å². The number of rotatable bonds is 6. The number of esters is 1. The van der Waals surface area contributed by atoms with Crippen LogP contribution in [0.25, 0.3) is 0 Å². The van der Waals surface area contributed by atoms with Gasteiger partial charge in [-0.15, -0.1) is 0 Å². The predicted molar refractivity (Wildman–Crippen MR) is 93.3 cm³/mol. The van der Waals surface area contributed by atoms with Gasteiger partial charge in [-0.2, -0.15) is 0 Å². The SMILES string of the molecule is CCS(=O)c1cc(CCc2ccccc2C(=O)OC)c(F)cc1C. The maximum Gasteiger partial charge on any atom is 0.338 e. The van der Waals surface area contributed by atoms with Crippen molar-refractivity contribution in [1.82, 2.24) is 0 Å². The molecule has 1 atom stereocenters. The van der Waals surface area contributed by atoms with Gasteiger partial charge in [-0.25, -0.2) is 9.18 Å². The first-order chi connectivity index (χ1) is 11.5. The molecule has 0 spiro atoms. The zero-order valence-corrected chi connectivity index (χ0v) is 14.9. The zero-order valence-electron chi connectivity index (χ0n) is 14.1. The van der Waals surface area contributed by atoms with Crippen LogP contribution in [0.5, 0.6) is 0 Å². The molecule has 24 heavy (non-hydrogen) atoms. The second-order valence-electron chi connectivity index (χ2n) is 5.49. The molecule has 0 aliphatic rings. The Balaban J connectivity index is 2.27. The highest BCUT2D eigenvalue weighted by atomic mass is 32.2. The summed E-state index contributed by atoms with van der Waals surface area (Å²) in [6.07, 6.45) is 0.928. The van der Waals surface area contributed by atoms with Crippen molar-refractivity contribution in [3.05, 3.63) is 64.5 Å². The Morgan fingerprint density at radius 3 is 2.50 bits per heavy atom. The maximum atomic E-state index is 14.2. The normalized spacial score (nSPS) is 12.0. The first-order valence-electron chi connectivity index (χ1n) is 7.81. The average Bonchev–Trinajstić information content (AvgIpc) is 2.60. The molecule has 0 heterocycles. The zero-order chi connectivity index (χ0) is 17.7. The number of hydrogen-bond acceptors (Lipinski definition) is 3. The lowest BCUT2D eigenvalue weighted by Gasteiger charge is -2.11. The van der Waals surface area contributed by atoms with Crippen molar-refractivity contribution >= 4 is 16.8 Å². The fourth-order valence-electron chi connectivity index (χ4n) is 2.60. The molecular formula is C19H21FO3S. The smallest absolute Gasteiger partial charge is 0.338 e. The molecule has 128 valence electrons. The third-order valence-electron chi connectivity index (χ3n) is 3.94. The second kappa shape index (κ2) is 8.20. The molecule has 0 N–H and O–H groups in total.